The van der Waals surface area contributed by atoms with Gasteiger partial charge in [-0.2, -0.15) is 17.9 Å². The van der Waals surface area contributed by atoms with Crippen LogP contribution in [-0.4, -0.2) is 24.5 Å². The fraction of sp³-hybridized carbons (Fsp3) is 0.933. The predicted octanol–water partition coefficient (Wildman–Crippen LogP) is 2.55. The minimum atomic E-state index is -0.122. The molecule has 2 aliphatic carbocycles. The van der Waals surface area contributed by atoms with Gasteiger partial charge in [0.25, 0.3) is 0 Å². The molecule has 4 atom stereocenters. The summed E-state index contributed by atoms with van der Waals surface area (Å²) in [7, 11) is 0. The van der Waals surface area contributed by atoms with Gasteiger partial charge in [0.15, 0.2) is 0 Å². The summed E-state index contributed by atoms with van der Waals surface area (Å²) in [5.74, 6) is 1.56. The molecule has 0 aromatic rings. The molecule has 3 nitrogen and oxygen atoms in total. The summed E-state index contributed by atoms with van der Waals surface area (Å²) in [6.07, 6.45) is 6.37. The average Bonchev–Trinajstić information content (AvgIpc) is 3.24. The second-order valence-electron chi connectivity index (χ2n) is 6.55. The van der Waals surface area contributed by atoms with Gasteiger partial charge in [0.2, 0.25) is 0 Å². The minimum Gasteiger partial charge on any atom is -0.314 e. The van der Waals surface area contributed by atoms with Gasteiger partial charge in [-0.3, -0.25) is 0 Å². The Hall–Kier alpha value is -0.240. The van der Waals surface area contributed by atoms with Gasteiger partial charge in [-0.1, -0.05) is 12.8 Å². The summed E-state index contributed by atoms with van der Waals surface area (Å²) in [6.45, 7) is 6.19. The van der Waals surface area contributed by atoms with Crippen LogP contribution in [-0.2, 0) is 0 Å². The summed E-state index contributed by atoms with van der Waals surface area (Å²) in [5.41, 5.74) is -0.122. The largest absolute Gasteiger partial charge is 0.314 e. The molecule has 2 aliphatic rings. The van der Waals surface area contributed by atoms with Crippen molar-refractivity contribution in [1.29, 1.82) is 5.26 Å². The second kappa shape index (κ2) is 6.47. The Balaban J connectivity index is 1.63. The van der Waals surface area contributed by atoms with Crippen molar-refractivity contribution in [2.45, 2.75) is 57.4 Å². The van der Waals surface area contributed by atoms with Crippen LogP contribution in [0, 0.1) is 28.6 Å². The lowest BCUT2D eigenvalue weighted by Crippen LogP contribution is -2.31. The van der Waals surface area contributed by atoms with Gasteiger partial charge in [0.05, 0.1) is 11.5 Å². The first-order chi connectivity index (χ1) is 9.05. The molecule has 0 saturated heterocycles. The number of hydrogen-bond acceptors (Lipinski definition) is 4. The maximum atomic E-state index is 9.37. The molecule has 0 aromatic heterocycles. The van der Waals surface area contributed by atoms with Crippen LogP contribution in [0.5, 0.6) is 0 Å². The van der Waals surface area contributed by atoms with Gasteiger partial charge in [-0.05, 0) is 51.5 Å². The van der Waals surface area contributed by atoms with Gasteiger partial charge in [-0.25, -0.2) is 0 Å². The monoisotopic (exact) mass is 281 g/mol. The highest BCUT2D eigenvalue weighted by Gasteiger charge is 2.54. The minimum absolute atomic E-state index is 0.122. The molecular formula is C15H27N3S. The zero-order valence-corrected chi connectivity index (χ0v) is 13.0. The van der Waals surface area contributed by atoms with Crippen LogP contribution in [0.15, 0.2) is 0 Å². The quantitative estimate of drug-likeness (QED) is 0.450. The fourth-order valence-electron chi connectivity index (χ4n) is 2.86. The van der Waals surface area contributed by atoms with Crippen molar-refractivity contribution in [1.82, 2.24) is 10.6 Å². The van der Waals surface area contributed by atoms with Crippen LogP contribution in [0.1, 0.15) is 46.0 Å². The summed E-state index contributed by atoms with van der Waals surface area (Å²) in [6, 6.07) is 3.06. The number of thiol groups is 1. The number of nitriles is 1. The van der Waals surface area contributed by atoms with Gasteiger partial charge in [0.1, 0.15) is 0 Å². The second-order valence-corrected chi connectivity index (χ2v) is 7.32. The molecule has 2 saturated carbocycles. The van der Waals surface area contributed by atoms with E-state index in [1.165, 1.54) is 19.3 Å². The van der Waals surface area contributed by atoms with Crippen molar-refractivity contribution < 1.29 is 0 Å². The first-order valence-corrected chi connectivity index (χ1v) is 8.13. The Morgan fingerprint density at radius 2 is 2.11 bits per heavy atom. The Morgan fingerprint density at radius 1 is 1.37 bits per heavy atom. The highest BCUT2D eigenvalue weighted by molar-refractivity contribution is 7.80. The van der Waals surface area contributed by atoms with Crippen LogP contribution >= 0.6 is 12.6 Å². The molecule has 0 radical (unpaired) electrons. The van der Waals surface area contributed by atoms with Gasteiger partial charge >= 0.3 is 0 Å². The van der Waals surface area contributed by atoms with E-state index in [9.17, 15) is 5.26 Å². The van der Waals surface area contributed by atoms with Crippen LogP contribution in [0.2, 0.25) is 0 Å². The Labute approximate surface area is 122 Å². The molecule has 19 heavy (non-hydrogen) atoms. The van der Waals surface area contributed by atoms with Crippen LogP contribution in [0.25, 0.3) is 0 Å². The molecule has 0 heterocycles. The van der Waals surface area contributed by atoms with E-state index in [0.29, 0.717) is 12.0 Å². The van der Waals surface area contributed by atoms with Crippen molar-refractivity contribution in [2.75, 3.05) is 13.1 Å². The highest BCUT2D eigenvalue weighted by atomic mass is 32.1. The van der Waals surface area contributed by atoms with E-state index in [1.807, 2.05) is 6.92 Å². The van der Waals surface area contributed by atoms with E-state index in [1.54, 1.807) is 0 Å². The fourth-order valence-corrected chi connectivity index (χ4v) is 2.95. The zero-order chi connectivity index (χ0) is 13.9. The predicted molar refractivity (Wildman–Crippen MR) is 82.0 cm³/mol. The lowest BCUT2D eigenvalue weighted by atomic mass is 10.0. The molecule has 2 rings (SSSR count). The van der Waals surface area contributed by atoms with Crippen molar-refractivity contribution in [2.24, 2.45) is 17.3 Å². The Morgan fingerprint density at radius 3 is 2.68 bits per heavy atom. The van der Waals surface area contributed by atoms with Crippen molar-refractivity contribution >= 4 is 12.6 Å². The molecule has 0 spiro atoms. The van der Waals surface area contributed by atoms with E-state index in [2.05, 4.69) is 36.3 Å². The third-order valence-corrected chi connectivity index (χ3v) is 4.73. The smallest absolute Gasteiger partial charge is 0.0731 e. The lowest BCUT2D eigenvalue weighted by molar-refractivity contribution is 0.429. The third-order valence-electron chi connectivity index (χ3n) is 4.55. The molecule has 0 aliphatic heterocycles. The molecule has 0 bridgehead atoms. The SMILES string of the molecule is CC(S)NCC1(C#N)CC1CC(C)NCCC1CC1. The van der Waals surface area contributed by atoms with E-state index < -0.39 is 0 Å². The highest BCUT2D eigenvalue weighted by Crippen LogP contribution is 2.54. The van der Waals surface area contributed by atoms with Gasteiger partial charge in [0, 0.05) is 18.0 Å². The van der Waals surface area contributed by atoms with Crippen molar-refractivity contribution in [3.05, 3.63) is 0 Å². The molecule has 108 valence electrons. The molecule has 2 fully saturated rings. The number of nitrogens with one attached hydrogen (secondary N) is 2. The van der Waals surface area contributed by atoms with E-state index >= 15 is 0 Å². The topological polar surface area (TPSA) is 47.9 Å². The Kier molecular flexibility index (Phi) is 5.16. The summed E-state index contributed by atoms with van der Waals surface area (Å²) >= 11 is 4.31. The molecule has 0 aromatic carbocycles. The molecular weight excluding hydrogens is 254 g/mol. The lowest BCUT2D eigenvalue weighted by Gasteiger charge is -2.16. The summed E-state index contributed by atoms with van der Waals surface area (Å²) in [4.78, 5) is 0. The van der Waals surface area contributed by atoms with Crippen LogP contribution in [0.3, 0.4) is 0 Å². The Bertz CT molecular complexity index is 335. The third kappa shape index (κ3) is 4.66. The first kappa shape index (κ1) is 15.2. The normalized spacial score (nSPS) is 32.6. The maximum Gasteiger partial charge on any atom is 0.0731 e. The maximum absolute atomic E-state index is 9.37. The van der Waals surface area contributed by atoms with E-state index in [-0.39, 0.29) is 10.8 Å². The van der Waals surface area contributed by atoms with Crippen molar-refractivity contribution in [3.8, 4) is 6.07 Å². The average molecular weight is 281 g/mol. The number of hydrogen-bond donors (Lipinski definition) is 3. The first-order valence-electron chi connectivity index (χ1n) is 7.62. The summed E-state index contributed by atoms with van der Waals surface area (Å²) in [5, 5.41) is 16.4. The number of nitrogens with zero attached hydrogens (tertiary/aromatic N) is 1. The van der Waals surface area contributed by atoms with Crippen LogP contribution < -0.4 is 10.6 Å². The molecule has 4 heteroatoms. The van der Waals surface area contributed by atoms with Crippen molar-refractivity contribution in [3.63, 3.8) is 0 Å². The molecule has 4 unspecified atom stereocenters. The van der Waals surface area contributed by atoms with E-state index in [4.69, 9.17) is 0 Å². The molecule has 0 amide bonds. The van der Waals surface area contributed by atoms with Crippen LogP contribution in [0.4, 0.5) is 0 Å². The standard InChI is InChI=1S/C15H27N3S/c1-11(17-6-5-13-3-4-13)7-14-8-15(14,9-16)10-18-12(2)19/h11-14,17-19H,3-8,10H2,1-2H3. The zero-order valence-electron chi connectivity index (χ0n) is 12.2. The van der Waals surface area contributed by atoms with Gasteiger partial charge in [-0.15, -0.1) is 0 Å². The molecule has 2 N–H and O–H groups in total. The van der Waals surface area contributed by atoms with Gasteiger partial charge < -0.3 is 10.6 Å². The van der Waals surface area contributed by atoms with E-state index in [0.717, 1.165) is 31.8 Å². The number of rotatable bonds is 9. The summed E-state index contributed by atoms with van der Waals surface area (Å²) < 4.78 is 0.